The van der Waals surface area contributed by atoms with Crippen molar-refractivity contribution in [2.45, 2.75) is 49.5 Å². The third-order valence-electron chi connectivity index (χ3n) is 8.82. The van der Waals surface area contributed by atoms with Gasteiger partial charge in [0.25, 0.3) is 0 Å². The molecule has 9 heteroatoms. The number of hydrogen-bond acceptors (Lipinski definition) is 5. The maximum absolute atomic E-state index is 14.4. The van der Waals surface area contributed by atoms with Crippen molar-refractivity contribution in [1.82, 2.24) is 4.90 Å². The van der Waals surface area contributed by atoms with E-state index in [1.165, 1.54) is 4.90 Å². The molecule has 6 atom stereocenters. The van der Waals surface area contributed by atoms with E-state index >= 15 is 0 Å². The Morgan fingerprint density at radius 2 is 1.56 bits per heavy atom. The van der Waals surface area contributed by atoms with Gasteiger partial charge in [-0.25, -0.2) is 0 Å². The predicted octanol–water partition coefficient (Wildman–Crippen LogP) is 4.29. The molecule has 0 radical (unpaired) electrons. The first-order valence-electron chi connectivity index (χ1n) is 13.9. The van der Waals surface area contributed by atoms with Gasteiger partial charge in [0, 0.05) is 16.4 Å². The molecular weight excluding hydrogens is 542 g/mol. The van der Waals surface area contributed by atoms with Gasteiger partial charge in [-0.15, -0.1) is 0 Å². The molecule has 6 rings (SSSR count). The highest BCUT2D eigenvalue weighted by atomic mass is 35.5. The highest BCUT2D eigenvalue weighted by molar-refractivity contribution is 6.30. The topological polar surface area (TPSA) is 108 Å². The lowest BCUT2D eigenvalue weighted by Gasteiger charge is -2.37. The van der Waals surface area contributed by atoms with Crippen LogP contribution in [-0.2, 0) is 25.5 Å². The van der Waals surface area contributed by atoms with Gasteiger partial charge in [-0.3, -0.25) is 14.4 Å². The van der Waals surface area contributed by atoms with Crippen LogP contribution in [0.2, 0.25) is 5.02 Å². The molecule has 3 heterocycles. The number of carbonyl (C=O) groups excluding carboxylic acids is 3. The summed E-state index contributed by atoms with van der Waals surface area (Å²) in [4.78, 5) is 43.9. The maximum Gasteiger partial charge on any atom is 0.250 e. The van der Waals surface area contributed by atoms with Crippen LogP contribution in [0.25, 0.3) is 0 Å². The summed E-state index contributed by atoms with van der Waals surface area (Å²) >= 11 is 6.05. The minimum atomic E-state index is -1.22. The molecule has 0 saturated carbocycles. The first kappa shape index (κ1) is 27.4. The van der Waals surface area contributed by atoms with Crippen molar-refractivity contribution in [2.75, 3.05) is 17.2 Å². The summed E-state index contributed by atoms with van der Waals surface area (Å²) in [6, 6.07) is 23.6. The van der Waals surface area contributed by atoms with Crippen LogP contribution in [0.3, 0.4) is 0 Å². The summed E-state index contributed by atoms with van der Waals surface area (Å²) in [5.41, 5.74) is -0.0770. The smallest absolute Gasteiger partial charge is 0.250 e. The number of carbonyl (C=O) groups is 3. The number of likely N-dealkylation sites (tertiary alicyclic amines) is 1. The van der Waals surface area contributed by atoms with Gasteiger partial charge in [0.2, 0.25) is 17.7 Å². The fourth-order valence-electron chi connectivity index (χ4n) is 7.08. The van der Waals surface area contributed by atoms with E-state index < -0.39 is 41.0 Å². The van der Waals surface area contributed by atoms with E-state index in [0.29, 0.717) is 35.7 Å². The Morgan fingerprint density at radius 1 is 0.951 bits per heavy atom. The van der Waals surface area contributed by atoms with Crippen LogP contribution in [0.4, 0.5) is 11.4 Å². The molecule has 3 saturated heterocycles. The van der Waals surface area contributed by atoms with Gasteiger partial charge in [0.15, 0.2) is 0 Å². The van der Waals surface area contributed by atoms with Gasteiger partial charge in [0.1, 0.15) is 11.6 Å². The molecule has 2 unspecified atom stereocenters. The quantitative estimate of drug-likeness (QED) is 0.373. The number of aliphatic hydroxyl groups is 1. The summed E-state index contributed by atoms with van der Waals surface area (Å²) < 4.78 is 6.69. The van der Waals surface area contributed by atoms with E-state index in [1.54, 1.807) is 36.4 Å². The summed E-state index contributed by atoms with van der Waals surface area (Å²) in [5.74, 6) is -2.79. The number of anilines is 2. The molecule has 0 aromatic heterocycles. The van der Waals surface area contributed by atoms with E-state index in [-0.39, 0.29) is 18.4 Å². The average molecular weight is 574 g/mol. The fraction of sp³-hybridized carbons (Fsp3) is 0.344. The van der Waals surface area contributed by atoms with Crippen LogP contribution < -0.4 is 10.6 Å². The summed E-state index contributed by atoms with van der Waals surface area (Å²) in [6.07, 6.45) is 1.30. The van der Waals surface area contributed by atoms with Crippen molar-refractivity contribution in [3.8, 4) is 0 Å². The van der Waals surface area contributed by atoms with E-state index in [1.807, 2.05) is 55.5 Å². The van der Waals surface area contributed by atoms with Crippen LogP contribution in [-0.4, -0.2) is 57.6 Å². The van der Waals surface area contributed by atoms with Gasteiger partial charge in [-0.05, 0) is 68.1 Å². The molecule has 41 heavy (non-hydrogen) atoms. The summed E-state index contributed by atoms with van der Waals surface area (Å²) in [5, 5.41) is 17.0. The molecule has 3 aliphatic rings. The Balaban J connectivity index is 1.39. The highest BCUT2D eigenvalue weighted by Crippen LogP contribution is 2.63. The standard InChI is InChI=1S/C32H32ClN3O5/c1-31-16-17-32(41-31)26(25(31)28(38)34-22-10-6-3-7-11-22)30(40)36(24(19-37)18-20-8-4-2-5-9-20)27(32)29(39)35-23-14-12-21(33)13-15-23/h2-15,24-27,37H,16-19H2,1H3,(H,34,38)(H,35,39)/t24-,25-,26+,27?,31+,32?/m1/s1. The van der Waals surface area contributed by atoms with Crippen molar-refractivity contribution >= 4 is 40.7 Å². The molecule has 3 aromatic rings. The Kier molecular flexibility index (Phi) is 7.09. The number of amides is 3. The minimum absolute atomic E-state index is 0.319. The predicted molar refractivity (Wildman–Crippen MR) is 155 cm³/mol. The number of aliphatic hydroxyl groups excluding tert-OH is 1. The summed E-state index contributed by atoms with van der Waals surface area (Å²) in [6.45, 7) is 1.50. The van der Waals surface area contributed by atoms with E-state index in [9.17, 15) is 19.5 Å². The molecular formula is C32H32ClN3O5. The number of halogens is 1. The lowest BCUT2D eigenvalue weighted by molar-refractivity contribution is -0.146. The van der Waals surface area contributed by atoms with Crippen molar-refractivity contribution in [3.05, 3.63) is 95.5 Å². The molecule has 3 fully saturated rings. The molecule has 3 amide bonds. The minimum Gasteiger partial charge on any atom is -0.394 e. The van der Waals surface area contributed by atoms with Crippen LogP contribution in [0.5, 0.6) is 0 Å². The number of para-hydroxylation sites is 1. The van der Waals surface area contributed by atoms with Crippen LogP contribution in [0, 0.1) is 11.8 Å². The number of rotatable bonds is 8. The molecule has 1 spiro atoms. The Labute approximate surface area is 243 Å². The normalized spacial score (nSPS) is 28.8. The SMILES string of the molecule is C[C@@]12CCC3(O1)C(C(=O)Nc1ccc(Cl)cc1)N([C@@H](CO)Cc1ccccc1)C(=O)[C@@H]3[C@@H]2C(=O)Nc1ccccc1. The first-order valence-corrected chi connectivity index (χ1v) is 14.2. The van der Waals surface area contributed by atoms with E-state index in [2.05, 4.69) is 10.6 Å². The molecule has 3 aliphatic heterocycles. The molecule has 3 N–H and O–H groups in total. The fourth-order valence-corrected chi connectivity index (χ4v) is 7.21. The maximum atomic E-state index is 14.4. The number of nitrogens with zero attached hydrogens (tertiary/aromatic N) is 1. The first-order chi connectivity index (χ1) is 19.8. The zero-order valence-corrected chi connectivity index (χ0v) is 23.4. The van der Waals surface area contributed by atoms with E-state index in [4.69, 9.17) is 16.3 Å². The second-order valence-corrected chi connectivity index (χ2v) is 11.8. The van der Waals surface area contributed by atoms with Gasteiger partial charge in [0.05, 0.1) is 30.1 Å². The van der Waals surface area contributed by atoms with Gasteiger partial charge in [-0.2, -0.15) is 0 Å². The number of hydrogen-bond donors (Lipinski definition) is 3. The molecule has 0 aliphatic carbocycles. The van der Waals surface area contributed by atoms with Crippen molar-refractivity contribution in [3.63, 3.8) is 0 Å². The second-order valence-electron chi connectivity index (χ2n) is 11.4. The number of nitrogens with one attached hydrogen (secondary N) is 2. The highest BCUT2D eigenvalue weighted by Gasteiger charge is 2.78. The average Bonchev–Trinajstić information content (AvgIpc) is 3.54. The van der Waals surface area contributed by atoms with Crippen molar-refractivity contribution < 1.29 is 24.2 Å². The van der Waals surface area contributed by atoms with Gasteiger partial charge < -0.3 is 25.4 Å². The van der Waals surface area contributed by atoms with Gasteiger partial charge >= 0.3 is 0 Å². The largest absolute Gasteiger partial charge is 0.394 e. The second kappa shape index (κ2) is 10.6. The Bertz CT molecular complexity index is 1450. The monoisotopic (exact) mass is 573 g/mol. The van der Waals surface area contributed by atoms with Crippen LogP contribution in [0.1, 0.15) is 25.3 Å². The van der Waals surface area contributed by atoms with E-state index in [0.717, 1.165) is 5.56 Å². The molecule has 2 bridgehead atoms. The summed E-state index contributed by atoms with van der Waals surface area (Å²) in [7, 11) is 0. The molecule has 8 nitrogen and oxygen atoms in total. The van der Waals surface area contributed by atoms with Crippen LogP contribution >= 0.6 is 11.6 Å². The third-order valence-corrected chi connectivity index (χ3v) is 9.07. The van der Waals surface area contributed by atoms with Crippen molar-refractivity contribution in [1.29, 1.82) is 0 Å². The number of ether oxygens (including phenoxy) is 1. The third kappa shape index (κ3) is 4.70. The Morgan fingerprint density at radius 3 is 2.22 bits per heavy atom. The van der Waals surface area contributed by atoms with Crippen LogP contribution in [0.15, 0.2) is 84.9 Å². The Hall–Kier alpha value is -3.72. The molecule has 3 aromatic carbocycles. The lowest BCUT2D eigenvalue weighted by Crippen LogP contribution is -2.57. The lowest BCUT2D eigenvalue weighted by atomic mass is 9.66. The molecule has 212 valence electrons. The van der Waals surface area contributed by atoms with Crippen molar-refractivity contribution in [2.24, 2.45) is 11.8 Å². The zero-order valence-electron chi connectivity index (χ0n) is 22.6. The number of benzene rings is 3. The van der Waals surface area contributed by atoms with Gasteiger partial charge in [-0.1, -0.05) is 60.1 Å². The zero-order chi connectivity index (χ0) is 28.8. The number of fused-ring (bicyclic) bond motifs is 1.